The standard InChI is InChI=1S/C24H27N3O2/c1-3-26-12-14-27(15-13-26)24(28)21-17-23(25-22-11-6-5-10-20(21)22)18-8-7-9-19(16-18)29-4-2/h5-11,16-17H,3-4,12-15H2,1-2H3. The smallest absolute Gasteiger partial charge is 0.254 e. The molecular weight excluding hydrogens is 362 g/mol. The van der Waals surface area contributed by atoms with Gasteiger partial charge in [0.25, 0.3) is 5.91 Å². The average Bonchev–Trinajstić information content (AvgIpc) is 2.78. The van der Waals surface area contributed by atoms with E-state index in [0.717, 1.165) is 66.2 Å². The molecule has 1 fully saturated rings. The summed E-state index contributed by atoms with van der Waals surface area (Å²) < 4.78 is 5.64. The minimum atomic E-state index is 0.0848. The molecule has 4 rings (SSSR count). The molecule has 5 nitrogen and oxygen atoms in total. The molecule has 1 aliphatic heterocycles. The van der Waals surface area contributed by atoms with E-state index in [0.29, 0.717) is 6.61 Å². The monoisotopic (exact) mass is 389 g/mol. The van der Waals surface area contributed by atoms with Gasteiger partial charge in [-0.05, 0) is 37.7 Å². The number of likely N-dealkylation sites (N-methyl/N-ethyl adjacent to an activating group) is 1. The Morgan fingerprint density at radius 1 is 1.00 bits per heavy atom. The lowest BCUT2D eigenvalue weighted by Gasteiger charge is -2.34. The molecule has 1 saturated heterocycles. The summed E-state index contributed by atoms with van der Waals surface area (Å²) in [7, 11) is 0. The maximum absolute atomic E-state index is 13.4. The minimum Gasteiger partial charge on any atom is -0.494 e. The lowest BCUT2D eigenvalue weighted by atomic mass is 10.0. The first-order chi connectivity index (χ1) is 14.2. The Morgan fingerprint density at radius 3 is 2.55 bits per heavy atom. The van der Waals surface area contributed by atoms with Gasteiger partial charge in [0, 0.05) is 37.1 Å². The summed E-state index contributed by atoms with van der Waals surface area (Å²) in [5.41, 5.74) is 3.30. The van der Waals surface area contributed by atoms with Gasteiger partial charge in [-0.25, -0.2) is 4.98 Å². The van der Waals surface area contributed by atoms with Gasteiger partial charge >= 0.3 is 0 Å². The number of hydrogen-bond donors (Lipinski definition) is 0. The summed E-state index contributed by atoms with van der Waals surface area (Å²) in [6, 6.07) is 17.7. The van der Waals surface area contributed by atoms with Crippen molar-refractivity contribution in [3.63, 3.8) is 0 Å². The van der Waals surface area contributed by atoms with Crippen LogP contribution in [0.2, 0.25) is 0 Å². The number of rotatable bonds is 5. The molecule has 3 aromatic rings. The SMILES string of the molecule is CCOc1cccc(-c2cc(C(=O)N3CCN(CC)CC3)c3ccccc3n2)c1. The summed E-state index contributed by atoms with van der Waals surface area (Å²) in [6.07, 6.45) is 0. The number of pyridine rings is 1. The fraction of sp³-hybridized carbons (Fsp3) is 0.333. The summed E-state index contributed by atoms with van der Waals surface area (Å²) in [5.74, 6) is 0.894. The largest absolute Gasteiger partial charge is 0.494 e. The Bertz CT molecular complexity index is 1010. The van der Waals surface area contributed by atoms with Crippen molar-refractivity contribution in [2.24, 2.45) is 0 Å². The van der Waals surface area contributed by atoms with Gasteiger partial charge in [-0.2, -0.15) is 0 Å². The molecule has 2 aromatic carbocycles. The summed E-state index contributed by atoms with van der Waals surface area (Å²) >= 11 is 0. The van der Waals surface area contributed by atoms with Crippen LogP contribution in [0.25, 0.3) is 22.2 Å². The van der Waals surface area contributed by atoms with E-state index in [4.69, 9.17) is 9.72 Å². The van der Waals surface area contributed by atoms with E-state index in [9.17, 15) is 4.79 Å². The number of para-hydroxylation sites is 1. The van der Waals surface area contributed by atoms with E-state index in [1.54, 1.807) is 0 Å². The first-order valence-electron chi connectivity index (χ1n) is 10.3. The number of aromatic nitrogens is 1. The summed E-state index contributed by atoms with van der Waals surface area (Å²) in [5, 5.41) is 0.903. The van der Waals surface area contributed by atoms with Crippen molar-refractivity contribution >= 4 is 16.8 Å². The van der Waals surface area contributed by atoms with Gasteiger partial charge in [0.05, 0.1) is 23.4 Å². The van der Waals surface area contributed by atoms with Crippen LogP contribution in [0.3, 0.4) is 0 Å². The van der Waals surface area contributed by atoms with Gasteiger partial charge in [0.15, 0.2) is 0 Å². The van der Waals surface area contributed by atoms with Gasteiger partial charge in [0.1, 0.15) is 5.75 Å². The molecule has 0 spiro atoms. The molecule has 2 heterocycles. The van der Waals surface area contributed by atoms with Crippen LogP contribution in [0.15, 0.2) is 54.6 Å². The molecule has 29 heavy (non-hydrogen) atoms. The van der Waals surface area contributed by atoms with Crippen molar-refractivity contribution < 1.29 is 9.53 Å². The van der Waals surface area contributed by atoms with E-state index in [1.807, 2.05) is 66.4 Å². The summed E-state index contributed by atoms with van der Waals surface area (Å²) in [4.78, 5) is 22.6. The van der Waals surface area contributed by atoms with Crippen LogP contribution in [0, 0.1) is 0 Å². The van der Waals surface area contributed by atoms with Crippen molar-refractivity contribution in [2.45, 2.75) is 13.8 Å². The second-order valence-electron chi connectivity index (χ2n) is 7.26. The highest BCUT2D eigenvalue weighted by Gasteiger charge is 2.23. The van der Waals surface area contributed by atoms with Gasteiger partial charge in [-0.1, -0.05) is 37.3 Å². The molecule has 0 radical (unpaired) electrons. The van der Waals surface area contributed by atoms with E-state index in [1.165, 1.54) is 0 Å². The number of amides is 1. The van der Waals surface area contributed by atoms with Crippen LogP contribution in [-0.2, 0) is 0 Å². The van der Waals surface area contributed by atoms with E-state index in [-0.39, 0.29) is 5.91 Å². The average molecular weight is 389 g/mol. The van der Waals surface area contributed by atoms with Crippen molar-refractivity contribution in [3.8, 4) is 17.0 Å². The lowest BCUT2D eigenvalue weighted by Crippen LogP contribution is -2.48. The third-order valence-corrected chi connectivity index (χ3v) is 5.49. The van der Waals surface area contributed by atoms with E-state index in [2.05, 4.69) is 11.8 Å². The van der Waals surface area contributed by atoms with Crippen molar-refractivity contribution in [3.05, 3.63) is 60.2 Å². The second kappa shape index (κ2) is 8.62. The first-order valence-corrected chi connectivity index (χ1v) is 10.3. The number of piperazine rings is 1. The molecule has 0 N–H and O–H groups in total. The van der Waals surface area contributed by atoms with Crippen molar-refractivity contribution in [1.82, 2.24) is 14.8 Å². The highest BCUT2D eigenvalue weighted by atomic mass is 16.5. The molecule has 150 valence electrons. The van der Waals surface area contributed by atoms with Crippen LogP contribution in [0.5, 0.6) is 5.75 Å². The molecular formula is C24H27N3O2. The van der Waals surface area contributed by atoms with Crippen LogP contribution >= 0.6 is 0 Å². The van der Waals surface area contributed by atoms with Crippen LogP contribution in [-0.4, -0.2) is 60.0 Å². The zero-order valence-electron chi connectivity index (χ0n) is 17.1. The maximum Gasteiger partial charge on any atom is 0.254 e. The third-order valence-electron chi connectivity index (χ3n) is 5.49. The molecule has 0 saturated carbocycles. The number of hydrogen-bond acceptors (Lipinski definition) is 4. The summed E-state index contributed by atoms with van der Waals surface area (Å²) in [6.45, 7) is 9.15. The zero-order valence-corrected chi connectivity index (χ0v) is 17.1. The molecule has 0 aliphatic carbocycles. The quantitative estimate of drug-likeness (QED) is 0.660. The lowest BCUT2D eigenvalue weighted by molar-refractivity contribution is 0.0645. The molecule has 0 atom stereocenters. The Hall–Kier alpha value is -2.92. The molecule has 1 amide bonds. The number of carbonyl (C=O) groups excluding carboxylic acids is 1. The van der Waals surface area contributed by atoms with Crippen molar-refractivity contribution in [2.75, 3.05) is 39.3 Å². The molecule has 1 aromatic heterocycles. The first kappa shape index (κ1) is 19.4. The van der Waals surface area contributed by atoms with E-state index >= 15 is 0 Å². The zero-order chi connectivity index (χ0) is 20.2. The number of ether oxygens (including phenoxy) is 1. The topological polar surface area (TPSA) is 45.7 Å². The number of carbonyl (C=O) groups is 1. The van der Waals surface area contributed by atoms with E-state index < -0.39 is 0 Å². The molecule has 0 bridgehead atoms. The Kier molecular flexibility index (Phi) is 5.76. The Labute approximate surface area is 171 Å². The second-order valence-corrected chi connectivity index (χ2v) is 7.26. The molecule has 5 heteroatoms. The maximum atomic E-state index is 13.4. The van der Waals surface area contributed by atoms with Gasteiger partial charge in [0.2, 0.25) is 0 Å². The fourth-order valence-corrected chi connectivity index (χ4v) is 3.85. The van der Waals surface area contributed by atoms with Crippen molar-refractivity contribution in [1.29, 1.82) is 0 Å². The van der Waals surface area contributed by atoms with Crippen LogP contribution in [0.4, 0.5) is 0 Å². The van der Waals surface area contributed by atoms with Gasteiger partial charge in [-0.15, -0.1) is 0 Å². The fourth-order valence-electron chi connectivity index (χ4n) is 3.85. The molecule has 0 unspecified atom stereocenters. The van der Waals surface area contributed by atoms with Crippen LogP contribution < -0.4 is 4.74 Å². The Morgan fingerprint density at radius 2 is 1.79 bits per heavy atom. The third kappa shape index (κ3) is 4.10. The number of fused-ring (bicyclic) bond motifs is 1. The highest BCUT2D eigenvalue weighted by Crippen LogP contribution is 2.28. The Balaban J connectivity index is 1.73. The van der Waals surface area contributed by atoms with Gasteiger partial charge in [-0.3, -0.25) is 4.79 Å². The van der Waals surface area contributed by atoms with Crippen LogP contribution in [0.1, 0.15) is 24.2 Å². The minimum absolute atomic E-state index is 0.0848. The molecule has 1 aliphatic rings. The predicted molar refractivity (Wildman–Crippen MR) is 116 cm³/mol. The highest BCUT2D eigenvalue weighted by molar-refractivity contribution is 6.07. The number of nitrogens with zero attached hydrogens (tertiary/aromatic N) is 3. The normalized spacial score (nSPS) is 14.9. The predicted octanol–water partition coefficient (Wildman–Crippen LogP) is 4.08. The number of benzene rings is 2. The van der Waals surface area contributed by atoms with Gasteiger partial charge < -0.3 is 14.5 Å².